The second-order valence-electron chi connectivity index (χ2n) is 4.14. The predicted molar refractivity (Wildman–Crippen MR) is 64.3 cm³/mol. The van der Waals surface area contributed by atoms with Crippen LogP contribution < -0.4 is 0 Å². The van der Waals surface area contributed by atoms with Crippen molar-refractivity contribution in [2.24, 2.45) is 0 Å². The van der Waals surface area contributed by atoms with Crippen LogP contribution in [0.5, 0.6) is 5.75 Å². The summed E-state index contributed by atoms with van der Waals surface area (Å²) in [5, 5.41) is 19.2. The largest absolute Gasteiger partial charge is 0.507 e. The minimum atomic E-state index is -0.276. The van der Waals surface area contributed by atoms with Crippen LogP contribution in [0.4, 0.5) is 0 Å². The van der Waals surface area contributed by atoms with Crippen molar-refractivity contribution in [1.82, 2.24) is 4.90 Å². The second-order valence-corrected chi connectivity index (χ2v) is 4.58. The van der Waals surface area contributed by atoms with E-state index in [0.717, 1.165) is 12.8 Å². The van der Waals surface area contributed by atoms with E-state index >= 15 is 0 Å². The maximum Gasteiger partial charge on any atom is 0.257 e. The van der Waals surface area contributed by atoms with Crippen LogP contribution in [0.3, 0.4) is 0 Å². The number of hydrogen-bond acceptors (Lipinski definition) is 3. The van der Waals surface area contributed by atoms with Crippen LogP contribution in [0, 0.1) is 0 Å². The Morgan fingerprint density at radius 1 is 1.53 bits per heavy atom. The Balaban J connectivity index is 2.27. The van der Waals surface area contributed by atoms with E-state index in [-0.39, 0.29) is 29.9 Å². The molecular weight excluding hydrogens is 242 g/mol. The Hall–Kier alpha value is -1.26. The van der Waals surface area contributed by atoms with Gasteiger partial charge in [-0.15, -0.1) is 0 Å². The molecule has 0 aromatic heterocycles. The molecule has 1 aromatic carbocycles. The lowest BCUT2D eigenvalue weighted by Gasteiger charge is -2.23. The Morgan fingerprint density at radius 3 is 3.00 bits per heavy atom. The van der Waals surface area contributed by atoms with Gasteiger partial charge < -0.3 is 15.1 Å². The van der Waals surface area contributed by atoms with Gasteiger partial charge in [0.05, 0.1) is 18.2 Å². The summed E-state index contributed by atoms with van der Waals surface area (Å²) in [4.78, 5) is 13.8. The van der Waals surface area contributed by atoms with Crippen molar-refractivity contribution in [1.29, 1.82) is 0 Å². The third-order valence-corrected chi connectivity index (χ3v) is 3.27. The van der Waals surface area contributed by atoms with Gasteiger partial charge in [0.15, 0.2) is 0 Å². The zero-order chi connectivity index (χ0) is 12.4. The number of halogens is 1. The molecule has 1 saturated heterocycles. The molecule has 1 fully saturated rings. The van der Waals surface area contributed by atoms with Crippen molar-refractivity contribution in [2.75, 3.05) is 13.2 Å². The Labute approximate surface area is 104 Å². The molecule has 1 atom stereocenters. The van der Waals surface area contributed by atoms with Gasteiger partial charge in [-0.2, -0.15) is 0 Å². The van der Waals surface area contributed by atoms with Gasteiger partial charge in [0, 0.05) is 11.6 Å². The first-order chi connectivity index (χ1) is 8.13. The monoisotopic (exact) mass is 255 g/mol. The third-order valence-electron chi connectivity index (χ3n) is 3.04. The lowest BCUT2D eigenvalue weighted by Crippen LogP contribution is -2.37. The molecule has 0 saturated carbocycles. The average molecular weight is 256 g/mol. The number of rotatable bonds is 2. The summed E-state index contributed by atoms with van der Waals surface area (Å²) in [6.45, 7) is 0.559. The Kier molecular flexibility index (Phi) is 3.54. The van der Waals surface area contributed by atoms with E-state index < -0.39 is 0 Å². The van der Waals surface area contributed by atoms with Crippen LogP contribution in [0.15, 0.2) is 18.2 Å². The topological polar surface area (TPSA) is 60.8 Å². The predicted octanol–water partition coefficient (Wildman–Crippen LogP) is 1.64. The average Bonchev–Trinajstić information content (AvgIpc) is 2.79. The van der Waals surface area contributed by atoms with Gasteiger partial charge in [-0.3, -0.25) is 4.79 Å². The highest BCUT2D eigenvalue weighted by Crippen LogP contribution is 2.26. The van der Waals surface area contributed by atoms with Crippen molar-refractivity contribution >= 4 is 17.5 Å². The molecule has 1 aromatic rings. The number of amides is 1. The highest BCUT2D eigenvalue weighted by Gasteiger charge is 2.30. The van der Waals surface area contributed by atoms with Gasteiger partial charge in [0.1, 0.15) is 5.75 Å². The number of nitrogens with zero attached hydrogens (tertiary/aromatic N) is 1. The maximum absolute atomic E-state index is 12.2. The fourth-order valence-electron chi connectivity index (χ4n) is 2.13. The van der Waals surface area contributed by atoms with Crippen LogP contribution in [-0.4, -0.2) is 40.2 Å². The first-order valence-electron chi connectivity index (χ1n) is 5.54. The molecular formula is C12H14ClNO3. The summed E-state index contributed by atoms with van der Waals surface area (Å²) in [6, 6.07) is 4.23. The molecule has 0 radical (unpaired) electrons. The first-order valence-corrected chi connectivity index (χ1v) is 5.91. The zero-order valence-corrected chi connectivity index (χ0v) is 10.0. The molecule has 0 bridgehead atoms. The van der Waals surface area contributed by atoms with E-state index in [1.165, 1.54) is 18.2 Å². The van der Waals surface area contributed by atoms with Crippen LogP contribution in [0.1, 0.15) is 23.2 Å². The Morgan fingerprint density at radius 2 is 2.29 bits per heavy atom. The molecule has 5 heteroatoms. The van der Waals surface area contributed by atoms with E-state index in [2.05, 4.69) is 0 Å². The smallest absolute Gasteiger partial charge is 0.257 e. The molecule has 1 heterocycles. The fraction of sp³-hybridized carbons (Fsp3) is 0.417. The minimum Gasteiger partial charge on any atom is -0.507 e. The van der Waals surface area contributed by atoms with Crippen molar-refractivity contribution in [3.05, 3.63) is 28.8 Å². The number of phenols is 1. The molecule has 1 aliphatic rings. The molecule has 92 valence electrons. The van der Waals surface area contributed by atoms with Gasteiger partial charge in [0.2, 0.25) is 0 Å². The Bertz CT molecular complexity index is 436. The standard InChI is InChI=1S/C12H14ClNO3/c13-8-3-4-11(16)10(6-8)12(17)14-5-1-2-9(14)7-15/h3-4,6,9,15-16H,1-2,5,7H2/t9-/m1/s1. The van der Waals surface area contributed by atoms with Crippen molar-refractivity contribution in [3.8, 4) is 5.75 Å². The SMILES string of the molecule is O=C(c1cc(Cl)ccc1O)N1CCC[C@@H]1CO. The van der Waals surface area contributed by atoms with Gasteiger partial charge in [0.25, 0.3) is 5.91 Å². The summed E-state index contributed by atoms with van der Waals surface area (Å²) >= 11 is 5.81. The normalized spacial score (nSPS) is 19.6. The number of aliphatic hydroxyl groups is 1. The number of likely N-dealkylation sites (tertiary alicyclic amines) is 1. The number of phenolic OH excluding ortho intramolecular Hbond substituents is 1. The van der Waals surface area contributed by atoms with Crippen LogP contribution >= 0.6 is 11.6 Å². The number of carbonyl (C=O) groups is 1. The fourth-order valence-corrected chi connectivity index (χ4v) is 2.30. The van der Waals surface area contributed by atoms with E-state index in [9.17, 15) is 15.0 Å². The van der Waals surface area contributed by atoms with Crippen LogP contribution in [0.2, 0.25) is 5.02 Å². The van der Waals surface area contributed by atoms with Crippen molar-refractivity contribution < 1.29 is 15.0 Å². The number of benzene rings is 1. The van der Waals surface area contributed by atoms with Crippen molar-refractivity contribution in [2.45, 2.75) is 18.9 Å². The van der Waals surface area contributed by atoms with E-state index in [4.69, 9.17) is 11.6 Å². The lowest BCUT2D eigenvalue weighted by atomic mass is 10.1. The molecule has 17 heavy (non-hydrogen) atoms. The molecule has 0 unspecified atom stereocenters. The van der Waals surface area contributed by atoms with Crippen molar-refractivity contribution in [3.63, 3.8) is 0 Å². The van der Waals surface area contributed by atoms with Crippen LogP contribution in [-0.2, 0) is 0 Å². The third kappa shape index (κ3) is 2.37. The number of aromatic hydroxyl groups is 1. The van der Waals surface area contributed by atoms with Gasteiger partial charge in [-0.1, -0.05) is 11.6 Å². The summed E-state index contributed by atoms with van der Waals surface area (Å²) in [5.74, 6) is -0.357. The van der Waals surface area contributed by atoms with E-state index in [1.807, 2.05) is 0 Å². The summed E-state index contributed by atoms with van der Waals surface area (Å²) < 4.78 is 0. The lowest BCUT2D eigenvalue weighted by molar-refractivity contribution is 0.0674. The quantitative estimate of drug-likeness (QED) is 0.845. The first kappa shape index (κ1) is 12.2. The molecule has 2 rings (SSSR count). The molecule has 2 N–H and O–H groups in total. The number of aliphatic hydroxyl groups excluding tert-OH is 1. The second kappa shape index (κ2) is 4.94. The molecule has 0 spiro atoms. The van der Waals surface area contributed by atoms with Gasteiger partial charge in [-0.05, 0) is 31.0 Å². The minimum absolute atomic E-state index is 0.0485. The van der Waals surface area contributed by atoms with E-state index in [1.54, 1.807) is 4.90 Å². The number of hydrogen-bond donors (Lipinski definition) is 2. The van der Waals surface area contributed by atoms with Gasteiger partial charge in [-0.25, -0.2) is 0 Å². The van der Waals surface area contributed by atoms with E-state index in [0.29, 0.717) is 11.6 Å². The number of carbonyl (C=O) groups excluding carboxylic acids is 1. The molecule has 0 aliphatic carbocycles. The summed E-state index contributed by atoms with van der Waals surface area (Å²) in [6.07, 6.45) is 1.67. The maximum atomic E-state index is 12.2. The van der Waals surface area contributed by atoms with Crippen LogP contribution in [0.25, 0.3) is 0 Å². The molecule has 4 nitrogen and oxygen atoms in total. The highest BCUT2D eigenvalue weighted by atomic mass is 35.5. The summed E-state index contributed by atoms with van der Waals surface area (Å²) in [7, 11) is 0. The summed E-state index contributed by atoms with van der Waals surface area (Å²) in [5.41, 5.74) is 0.192. The molecule has 1 aliphatic heterocycles. The zero-order valence-electron chi connectivity index (χ0n) is 9.27. The molecule has 1 amide bonds. The highest BCUT2D eigenvalue weighted by molar-refractivity contribution is 6.31. The van der Waals surface area contributed by atoms with Gasteiger partial charge >= 0.3 is 0 Å².